The van der Waals surface area contributed by atoms with Crippen LogP contribution < -0.4 is 4.74 Å². The fourth-order valence-electron chi connectivity index (χ4n) is 1.13. The van der Waals surface area contributed by atoms with Gasteiger partial charge in [0.2, 0.25) is 0 Å². The molecule has 0 spiro atoms. The highest BCUT2D eigenvalue weighted by Crippen LogP contribution is 2.19. The van der Waals surface area contributed by atoms with Gasteiger partial charge in [-0.25, -0.2) is 4.39 Å². The van der Waals surface area contributed by atoms with Gasteiger partial charge in [-0.2, -0.15) is 0 Å². The maximum atomic E-state index is 12.9. The molecule has 0 saturated carbocycles. The summed E-state index contributed by atoms with van der Waals surface area (Å²) >= 11 is 0. The number of ether oxygens (including phenoxy) is 2. The van der Waals surface area contributed by atoms with Gasteiger partial charge in [0.05, 0.1) is 20.6 Å². The number of benzene rings is 1. The molecule has 76 valence electrons. The molecule has 1 rings (SSSR count). The highest BCUT2D eigenvalue weighted by atomic mass is 19.1. The first kappa shape index (κ1) is 10.5. The predicted molar refractivity (Wildman–Crippen MR) is 51.4 cm³/mol. The van der Waals surface area contributed by atoms with E-state index in [1.807, 2.05) is 0 Å². The number of methoxy groups -OCH3 is 2. The van der Waals surface area contributed by atoms with E-state index in [-0.39, 0.29) is 18.1 Å². The molecular weight excluding hydrogens is 185 g/mol. The molecule has 3 nitrogen and oxygen atoms in total. The summed E-state index contributed by atoms with van der Waals surface area (Å²) in [6, 6.07) is 4.19. The van der Waals surface area contributed by atoms with Crippen molar-refractivity contribution in [3.8, 4) is 5.75 Å². The Morgan fingerprint density at radius 3 is 2.71 bits per heavy atom. The Labute approximate surface area is 82.0 Å². The Morgan fingerprint density at radius 1 is 1.43 bits per heavy atom. The summed E-state index contributed by atoms with van der Waals surface area (Å²) in [6.07, 6.45) is 0.234. The molecule has 0 fully saturated rings. The van der Waals surface area contributed by atoms with E-state index < -0.39 is 0 Å². The molecule has 0 heterocycles. The molecule has 4 heteroatoms. The Hall–Kier alpha value is -1.58. The van der Waals surface area contributed by atoms with Crippen LogP contribution in [0.3, 0.4) is 0 Å². The summed E-state index contributed by atoms with van der Waals surface area (Å²) in [5, 5.41) is 7.32. The first-order valence-corrected chi connectivity index (χ1v) is 4.11. The number of rotatable bonds is 3. The SMILES string of the molecule is COC(=N)Cc1cc(F)ccc1OC. The van der Waals surface area contributed by atoms with E-state index in [1.54, 1.807) is 0 Å². The standard InChI is InChI=1S/C10H12FNO2/c1-13-9-4-3-8(11)5-7(9)6-10(12)14-2/h3-5,12H,6H2,1-2H3. The normalized spacial score (nSPS) is 9.64. The van der Waals surface area contributed by atoms with Crippen molar-refractivity contribution in [2.75, 3.05) is 14.2 Å². The zero-order chi connectivity index (χ0) is 10.6. The highest BCUT2D eigenvalue weighted by molar-refractivity contribution is 5.76. The van der Waals surface area contributed by atoms with Crippen molar-refractivity contribution >= 4 is 5.90 Å². The number of hydrogen-bond donors (Lipinski definition) is 1. The summed E-state index contributed by atoms with van der Waals surface area (Å²) in [7, 11) is 2.92. The van der Waals surface area contributed by atoms with E-state index in [2.05, 4.69) is 0 Å². The molecule has 0 bridgehead atoms. The lowest BCUT2D eigenvalue weighted by molar-refractivity contribution is 0.384. The summed E-state index contributed by atoms with van der Waals surface area (Å²) in [5.74, 6) is 0.298. The largest absolute Gasteiger partial charge is 0.496 e. The van der Waals surface area contributed by atoms with Gasteiger partial charge in [-0.15, -0.1) is 0 Å². The van der Waals surface area contributed by atoms with Gasteiger partial charge in [-0.3, -0.25) is 5.41 Å². The summed E-state index contributed by atoms with van der Waals surface area (Å²) in [6.45, 7) is 0. The smallest absolute Gasteiger partial charge is 0.184 e. The van der Waals surface area contributed by atoms with Gasteiger partial charge in [-0.1, -0.05) is 0 Å². The monoisotopic (exact) mass is 197 g/mol. The summed E-state index contributed by atoms with van der Waals surface area (Å²) in [4.78, 5) is 0. The maximum absolute atomic E-state index is 12.9. The van der Waals surface area contributed by atoms with Crippen LogP contribution in [0.5, 0.6) is 5.75 Å². The van der Waals surface area contributed by atoms with Crippen LogP contribution in [0.15, 0.2) is 18.2 Å². The predicted octanol–water partition coefficient (Wildman–Crippen LogP) is 2.00. The second-order valence-corrected chi connectivity index (χ2v) is 2.76. The molecule has 0 aliphatic heterocycles. The second-order valence-electron chi connectivity index (χ2n) is 2.76. The van der Waals surface area contributed by atoms with E-state index >= 15 is 0 Å². The van der Waals surface area contributed by atoms with E-state index in [9.17, 15) is 4.39 Å². The first-order valence-electron chi connectivity index (χ1n) is 4.11. The van der Waals surface area contributed by atoms with Gasteiger partial charge in [0.1, 0.15) is 11.6 Å². The van der Waals surface area contributed by atoms with Gasteiger partial charge in [-0.05, 0) is 18.2 Å². The third-order valence-electron chi connectivity index (χ3n) is 1.84. The van der Waals surface area contributed by atoms with Gasteiger partial charge >= 0.3 is 0 Å². The average Bonchev–Trinajstić information content (AvgIpc) is 2.18. The van der Waals surface area contributed by atoms with E-state index in [1.165, 1.54) is 32.4 Å². The molecule has 0 amide bonds. The fourth-order valence-corrected chi connectivity index (χ4v) is 1.13. The van der Waals surface area contributed by atoms with Crippen LogP contribution in [-0.2, 0) is 11.2 Å². The lowest BCUT2D eigenvalue weighted by Gasteiger charge is -2.08. The van der Waals surface area contributed by atoms with E-state index in [0.29, 0.717) is 11.3 Å². The molecule has 1 N–H and O–H groups in total. The molecule has 1 aromatic rings. The third kappa shape index (κ3) is 2.45. The number of nitrogens with one attached hydrogen (secondary N) is 1. The van der Waals surface area contributed by atoms with Crippen LogP contribution in [0.25, 0.3) is 0 Å². The quantitative estimate of drug-likeness (QED) is 0.594. The summed E-state index contributed by atoms with van der Waals surface area (Å²) in [5.41, 5.74) is 0.611. The van der Waals surface area contributed by atoms with Crippen LogP contribution >= 0.6 is 0 Å². The van der Waals surface area contributed by atoms with Crippen LogP contribution in [0.1, 0.15) is 5.56 Å². The third-order valence-corrected chi connectivity index (χ3v) is 1.84. The van der Waals surface area contributed by atoms with Crippen molar-refractivity contribution in [3.63, 3.8) is 0 Å². The van der Waals surface area contributed by atoms with Gasteiger partial charge in [0.25, 0.3) is 0 Å². The van der Waals surface area contributed by atoms with Crippen LogP contribution in [0, 0.1) is 11.2 Å². The molecular formula is C10H12FNO2. The van der Waals surface area contributed by atoms with Crippen LogP contribution in [0.2, 0.25) is 0 Å². The molecule has 0 radical (unpaired) electrons. The average molecular weight is 197 g/mol. The first-order chi connectivity index (χ1) is 6.67. The maximum Gasteiger partial charge on any atom is 0.184 e. The van der Waals surface area contributed by atoms with Gasteiger partial charge in [0.15, 0.2) is 5.90 Å². The Morgan fingerprint density at radius 2 is 2.14 bits per heavy atom. The molecule has 0 atom stereocenters. The van der Waals surface area contributed by atoms with Gasteiger partial charge in [0, 0.05) is 5.56 Å². The van der Waals surface area contributed by atoms with Crippen molar-refractivity contribution in [3.05, 3.63) is 29.6 Å². The van der Waals surface area contributed by atoms with Crippen molar-refractivity contribution in [2.24, 2.45) is 0 Å². The van der Waals surface area contributed by atoms with Crippen molar-refractivity contribution in [2.45, 2.75) is 6.42 Å². The van der Waals surface area contributed by atoms with Crippen molar-refractivity contribution in [1.29, 1.82) is 5.41 Å². The Kier molecular flexibility index (Phi) is 3.45. The van der Waals surface area contributed by atoms with Gasteiger partial charge < -0.3 is 9.47 Å². The Balaban J connectivity index is 2.93. The topological polar surface area (TPSA) is 42.3 Å². The zero-order valence-electron chi connectivity index (χ0n) is 8.13. The summed E-state index contributed by atoms with van der Waals surface area (Å²) < 4.78 is 22.6. The molecule has 0 saturated heterocycles. The van der Waals surface area contributed by atoms with Crippen molar-refractivity contribution < 1.29 is 13.9 Å². The van der Waals surface area contributed by atoms with E-state index in [4.69, 9.17) is 14.9 Å². The lowest BCUT2D eigenvalue weighted by Crippen LogP contribution is -2.05. The minimum atomic E-state index is -0.343. The molecule has 1 aromatic carbocycles. The van der Waals surface area contributed by atoms with Crippen LogP contribution in [0.4, 0.5) is 4.39 Å². The minimum absolute atomic E-state index is 0.0777. The highest BCUT2D eigenvalue weighted by Gasteiger charge is 2.07. The second kappa shape index (κ2) is 4.60. The van der Waals surface area contributed by atoms with E-state index in [0.717, 1.165) is 0 Å². The molecule has 14 heavy (non-hydrogen) atoms. The Bertz CT molecular complexity index is 339. The molecule has 0 aromatic heterocycles. The fraction of sp³-hybridized carbons (Fsp3) is 0.300. The molecule has 0 unspecified atom stereocenters. The van der Waals surface area contributed by atoms with Crippen molar-refractivity contribution in [1.82, 2.24) is 0 Å². The van der Waals surface area contributed by atoms with Crippen LogP contribution in [-0.4, -0.2) is 20.1 Å². The number of hydrogen-bond acceptors (Lipinski definition) is 3. The zero-order valence-corrected chi connectivity index (χ0v) is 8.13. The minimum Gasteiger partial charge on any atom is -0.496 e. The molecule has 0 aliphatic carbocycles. The molecule has 0 aliphatic rings. The lowest BCUT2D eigenvalue weighted by atomic mass is 10.1. The number of halogens is 1.